The third-order valence-corrected chi connectivity index (χ3v) is 3.90. The van der Waals surface area contributed by atoms with E-state index in [1.54, 1.807) is 0 Å². The number of ether oxygens (including phenoxy) is 1. The van der Waals surface area contributed by atoms with Gasteiger partial charge in [-0.3, -0.25) is 9.69 Å². The van der Waals surface area contributed by atoms with Gasteiger partial charge in [-0.25, -0.2) is 0 Å². The quantitative estimate of drug-likeness (QED) is 0.717. The van der Waals surface area contributed by atoms with Gasteiger partial charge in [0.1, 0.15) is 0 Å². The van der Waals surface area contributed by atoms with E-state index in [9.17, 15) is 4.79 Å². The molecule has 0 aromatic rings. The summed E-state index contributed by atoms with van der Waals surface area (Å²) in [5.41, 5.74) is 5.54. The highest BCUT2D eigenvalue weighted by molar-refractivity contribution is 7.80. The Labute approximate surface area is 119 Å². The van der Waals surface area contributed by atoms with E-state index in [-0.39, 0.29) is 18.1 Å². The van der Waals surface area contributed by atoms with E-state index in [1.165, 1.54) is 0 Å². The van der Waals surface area contributed by atoms with Crippen LogP contribution < -0.4 is 11.1 Å². The van der Waals surface area contributed by atoms with Crippen molar-refractivity contribution in [2.45, 2.75) is 44.2 Å². The monoisotopic (exact) mass is 285 g/mol. The van der Waals surface area contributed by atoms with E-state index in [1.807, 2.05) is 0 Å². The highest BCUT2D eigenvalue weighted by Crippen LogP contribution is 2.16. The van der Waals surface area contributed by atoms with Crippen molar-refractivity contribution in [1.29, 1.82) is 0 Å². The maximum atomic E-state index is 11.9. The number of carbonyl (C=O) groups excluding carboxylic acids is 1. The van der Waals surface area contributed by atoms with Gasteiger partial charge < -0.3 is 15.8 Å². The van der Waals surface area contributed by atoms with Crippen LogP contribution in [0.15, 0.2) is 0 Å². The second-order valence-corrected chi connectivity index (χ2v) is 5.95. The molecule has 1 unspecified atom stereocenters. The van der Waals surface area contributed by atoms with Gasteiger partial charge in [0.15, 0.2) is 0 Å². The van der Waals surface area contributed by atoms with Crippen LogP contribution in [-0.4, -0.2) is 54.2 Å². The lowest BCUT2D eigenvalue weighted by Crippen LogP contribution is -2.46. The van der Waals surface area contributed by atoms with Crippen LogP contribution in [0.2, 0.25) is 0 Å². The van der Waals surface area contributed by atoms with Crippen molar-refractivity contribution < 1.29 is 9.53 Å². The topological polar surface area (TPSA) is 67.6 Å². The number of amides is 1. The number of likely N-dealkylation sites (tertiary alicyclic amines) is 1. The zero-order valence-corrected chi connectivity index (χ0v) is 12.1. The molecule has 5 nitrogen and oxygen atoms in total. The van der Waals surface area contributed by atoms with Gasteiger partial charge in [-0.1, -0.05) is 12.2 Å². The first kappa shape index (κ1) is 14.7. The molecule has 0 saturated carbocycles. The van der Waals surface area contributed by atoms with Crippen molar-refractivity contribution in [3.05, 3.63) is 0 Å². The van der Waals surface area contributed by atoms with E-state index in [2.05, 4.69) is 10.2 Å². The van der Waals surface area contributed by atoms with Crippen LogP contribution in [0.25, 0.3) is 0 Å². The summed E-state index contributed by atoms with van der Waals surface area (Å²) in [4.78, 5) is 14.7. The summed E-state index contributed by atoms with van der Waals surface area (Å²) < 4.78 is 5.48. The van der Waals surface area contributed by atoms with E-state index < -0.39 is 0 Å². The van der Waals surface area contributed by atoms with Gasteiger partial charge in [-0.05, 0) is 25.7 Å². The van der Waals surface area contributed by atoms with Gasteiger partial charge >= 0.3 is 0 Å². The fraction of sp³-hybridized carbons (Fsp3) is 0.846. The minimum Gasteiger partial charge on any atom is -0.392 e. The molecule has 0 aliphatic carbocycles. The summed E-state index contributed by atoms with van der Waals surface area (Å²) >= 11 is 4.91. The van der Waals surface area contributed by atoms with Crippen molar-refractivity contribution in [2.24, 2.45) is 5.73 Å². The van der Waals surface area contributed by atoms with Gasteiger partial charge in [0.25, 0.3) is 0 Å². The van der Waals surface area contributed by atoms with Gasteiger partial charge in [0, 0.05) is 32.3 Å². The van der Waals surface area contributed by atoms with Crippen LogP contribution >= 0.6 is 12.2 Å². The Hall–Kier alpha value is -0.720. The molecule has 0 bridgehead atoms. The highest BCUT2D eigenvalue weighted by Gasteiger charge is 2.23. The Morgan fingerprint density at radius 2 is 2.11 bits per heavy atom. The first-order valence-electron chi connectivity index (χ1n) is 7.05. The Morgan fingerprint density at radius 1 is 1.37 bits per heavy atom. The summed E-state index contributed by atoms with van der Waals surface area (Å²) in [6.45, 7) is 3.38. The molecule has 0 aromatic carbocycles. The minimum atomic E-state index is 0.125. The van der Waals surface area contributed by atoms with Gasteiger partial charge in [0.2, 0.25) is 5.91 Å². The molecular weight excluding hydrogens is 262 g/mol. The molecule has 1 amide bonds. The van der Waals surface area contributed by atoms with E-state index in [0.717, 1.165) is 45.4 Å². The third kappa shape index (κ3) is 5.04. The molecular formula is C13H23N3O2S. The summed E-state index contributed by atoms with van der Waals surface area (Å²) in [7, 11) is 0. The van der Waals surface area contributed by atoms with Crippen LogP contribution in [0, 0.1) is 0 Å². The number of nitrogens with one attached hydrogen (secondary N) is 1. The largest absolute Gasteiger partial charge is 0.392 e. The van der Waals surface area contributed by atoms with Gasteiger partial charge in [-0.2, -0.15) is 0 Å². The Bertz CT molecular complexity index is 324. The van der Waals surface area contributed by atoms with Crippen LogP contribution in [0.1, 0.15) is 32.1 Å². The lowest BCUT2D eigenvalue weighted by Gasteiger charge is -2.32. The average Bonchev–Trinajstić information content (AvgIpc) is 2.83. The third-order valence-electron chi connectivity index (χ3n) is 3.77. The number of nitrogens with two attached hydrogens (primary N) is 1. The SMILES string of the molecule is NC(=S)CN1CCC(NC(=O)CC2CCCO2)CC1. The Balaban J connectivity index is 1.64. The summed E-state index contributed by atoms with van der Waals surface area (Å²) in [6, 6.07) is 0.288. The zero-order chi connectivity index (χ0) is 13.7. The van der Waals surface area contributed by atoms with Crippen molar-refractivity contribution in [2.75, 3.05) is 26.2 Å². The number of nitrogens with zero attached hydrogens (tertiary/aromatic N) is 1. The maximum absolute atomic E-state index is 11.9. The maximum Gasteiger partial charge on any atom is 0.222 e. The van der Waals surface area contributed by atoms with Crippen molar-refractivity contribution in [3.63, 3.8) is 0 Å². The smallest absolute Gasteiger partial charge is 0.222 e. The lowest BCUT2D eigenvalue weighted by atomic mass is 10.0. The molecule has 0 aromatic heterocycles. The molecule has 2 aliphatic rings. The van der Waals surface area contributed by atoms with Gasteiger partial charge in [-0.15, -0.1) is 0 Å². The van der Waals surface area contributed by atoms with Crippen molar-refractivity contribution in [3.8, 4) is 0 Å². The molecule has 2 saturated heterocycles. The standard InChI is InChI=1S/C13H23N3O2S/c14-12(19)9-16-5-3-10(4-6-16)15-13(17)8-11-2-1-7-18-11/h10-11H,1-9H2,(H2,14,19)(H,15,17). The molecule has 0 spiro atoms. The number of carbonyl (C=O) groups is 1. The molecule has 19 heavy (non-hydrogen) atoms. The van der Waals surface area contributed by atoms with Crippen molar-refractivity contribution in [1.82, 2.24) is 10.2 Å². The van der Waals surface area contributed by atoms with Crippen molar-refractivity contribution >= 4 is 23.1 Å². The predicted octanol–water partition coefficient (Wildman–Crippen LogP) is 0.422. The zero-order valence-electron chi connectivity index (χ0n) is 11.3. The molecule has 3 N–H and O–H groups in total. The second kappa shape index (κ2) is 7.17. The van der Waals surface area contributed by atoms with Crippen LogP contribution in [0.4, 0.5) is 0 Å². The first-order valence-corrected chi connectivity index (χ1v) is 7.46. The highest BCUT2D eigenvalue weighted by atomic mass is 32.1. The minimum absolute atomic E-state index is 0.125. The number of hydrogen-bond donors (Lipinski definition) is 2. The van der Waals surface area contributed by atoms with Crippen LogP contribution in [0.3, 0.4) is 0 Å². The van der Waals surface area contributed by atoms with E-state index in [0.29, 0.717) is 18.0 Å². The van der Waals surface area contributed by atoms with Crippen LogP contribution in [-0.2, 0) is 9.53 Å². The molecule has 2 aliphatic heterocycles. The Kier molecular flexibility index (Phi) is 5.54. The average molecular weight is 285 g/mol. The van der Waals surface area contributed by atoms with E-state index >= 15 is 0 Å². The number of hydrogen-bond acceptors (Lipinski definition) is 4. The molecule has 6 heteroatoms. The molecule has 2 heterocycles. The van der Waals surface area contributed by atoms with E-state index in [4.69, 9.17) is 22.7 Å². The summed E-state index contributed by atoms with van der Waals surface area (Å²) in [5, 5.41) is 3.11. The molecule has 2 rings (SSSR count). The number of piperidine rings is 1. The first-order chi connectivity index (χ1) is 9.13. The lowest BCUT2D eigenvalue weighted by molar-refractivity contribution is -0.124. The second-order valence-electron chi connectivity index (χ2n) is 5.42. The molecule has 0 radical (unpaired) electrons. The molecule has 1 atom stereocenters. The van der Waals surface area contributed by atoms with Gasteiger partial charge in [0.05, 0.1) is 17.5 Å². The number of thiocarbonyl (C=S) groups is 1. The molecule has 2 fully saturated rings. The summed E-state index contributed by atoms with van der Waals surface area (Å²) in [6.07, 6.45) is 4.68. The molecule has 108 valence electrons. The van der Waals surface area contributed by atoms with Crippen LogP contribution in [0.5, 0.6) is 0 Å². The Morgan fingerprint density at radius 3 is 2.68 bits per heavy atom. The fourth-order valence-electron chi connectivity index (χ4n) is 2.75. The number of rotatable bonds is 5. The summed E-state index contributed by atoms with van der Waals surface area (Å²) in [5.74, 6) is 0.125. The fourth-order valence-corrected chi connectivity index (χ4v) is 2.94. The predicted molar refractivity (Wildman–Crippen MR) is 78.0 cm³/mol. The normalized spacial score (nSPS) is 25.4.